The van der Waals surface area contributed by atoms with Gasteiger partial charge in [-0.05, 0) is 24.6 Å². The van der Waals surface area contributed by atoms with E-state index >= 15 is 0 Å². The van der Waals surface area contributed by atoms with Gasteiger partial charge >= 0.3 is 5.97 Å². The monoisotopic (exact) mass is 277 g/mol. The van der Waals surface area contributed by atoms with Gasteiger partial charge in [0, 0.05) is 17.5 Å². The van der Waals surface area contributed by atoms with Crippen LogP contribution in [0.3, 0.4) is 0 Å². The Hall–Kier alpha value is -1.88. The minimum absolute atomic E-state index is 0.0381. The van der Waals surface area contributed by atoms with Gasteiger partial charge in [-0.25, -0.2) is 4.98 Å². The molecule has 0 saturated carbocycles. The second-order valence-corrected chi connectivity index (χ2v) is 5.41. The molecule has 1 aromatic heterocycles. The molecule has 1 N–H and O–H groups in total. The number of thiazole rings is 1. The second-order valence-electron chi connectivity index (χ2n) is 4.21. The normalized spacial score (nSPS) is 10.4. The molecule has 0 bridgehead atoms. The van der Waals surface area contributed by atoms with Crippen LogP contribution in [-0.4, -0.2) is 22.7 Å². The van der Waals surface area contributed by atoms with E-state index in [9.17, 15) is 4.79 Å². The van der Waals surface area contributed by atoms with Gasteiger partial charge in [-0.3, -0.25) is 4.79 Å². The van der Waals surface area contributed by atoms with E-state index in [1.54, 1.807) is 6.20 Å². The molecule has 100 valence electrons. The standard InChI is InChI=1S/C14H15NO3S/c1-10-3-2-4-11(7-10)18-6-5-13-15-9-12(19-13)8-14(16)17/h2-4,7,9H,5-6,8H2,1H3,(H,16,17). The number of nitrogens with zero attached hydrogens (tertiary/aromatic N) is 1. The maximum Gasteiger partial charge on any atom is 0.308 e. The zero-order chi connectivity index (χ0) is 13.7. The predicted molar refractivity (Wildman–Crippen MR) is 73.8 cm³/mol. The summed E-state index contributed by atoms with van der Waals surface area (Å²) in [6.45, 7) is 2.56. The number of ether oxygens (including phenoxy) is 1. The predicted octanol–water partition coefficient (Wildman–Crippen LogP) is 2.70. The van der Waals surface area contributed by atoms with E-state index in [4.69, 9.17) is 9.84 Å². The average molecular weight is 277 g/mol. The van der Waals surface area contributed by atoms with E-state index < -0.39 is 5.97 Å². The Morgan fingerprint density at radius 1 is 1.47 bits per heavy atom. The van der Waals surface area contributed by atoms with Crippen molar-refractivity contribution in [3.63, 3.8) is 0 Å². The number of hydrogen-bond donors (Lipinski definition) is 1. The Balaban J connectivity index is 1.82. The average Bonchev–Trinajstić information content (AvgIpc) is 2.76. The topological polar surface area (TPSA) is 59.4 Å². The van der Waals surface area contributed by atoms with Gasteiger partial charge in [0.25, 0.3) is 0 Å². The highest BCUT2D eigenvalue weighted by molar-refractivity contribution is 7.11. The zero-order valence-corrected chi connectivity index (χ0v) is 11.4. The Bertz CT molecular complexity index is 565. The van der Waals surface area contributed by atoms with Gasteiger partial charge in [-0.1, -0.05) is 12.1 Å². The molecule has 0 amide bonds. The molecule has 19 heavy (non-hydrogen) atoms. The van der Waals surface area contributed by atoms with Crippen LogP contribution in [0, 0.1) is 6.92 Å². The van der Waals surface area contributed by atoms with E-state index in [1.165, 1.54) is 11.3 Å². The van der Waals surface area contributed by atoms with Crippen LogP contribution < -0.4 is 4.74 Å². The second kappa shape index (κ2) is 6.33. The van der Waals surface area contributed by atoms with E-state index in [-0.39, 0.29) is 6.42 Å². The Morgan fingerprint density at radius 3 is 3.05 bits per heavy atom. The molecule has 0 radical (unpaired) electrons. The number of aromatic nitrogens is 1. The Labute approximate surface area is 115 Å². The van der Waals surface area contributed by atoms with Crippen molar-refractivity contribution >= 4 is 17.3 Å². The van der Waals surface area contributed by atoms with Crippen LogP contribution in [0.1, 0.15) is 15.4 Å². The maximum absolute atomic E-state index is 10.6. The summed E-state index contributed by atoms with van der Waals surface area (Å²) in [7, 11) is 0. The van der Waals surface area contributed by atoms with Gasteiger partial charge in [0.15, 0.2) is 0 Å². The third-order valence-electron chi connectivity index (χ3n) is 2.50. The number of carboxylic acids is 1. The summed E-state index contributed by atoms with van der Waals surface area (Å²) in [6, 6.07) is 7.88. The molecular weight excluding hydrogens is 262 g/mol. The van der Waals surface area contributed by atoms with Crippen LogP contribution in [0.5, 0.6) is 5.75 Å². The first kappa shape index (κ1) is 13.5. The van der Waals surface area contributed by atoms with Gasteiger partial charge in [0.1, 0.15) is 5.75 Å². The summed E-state index contributed by atoms with van der Waals surface area (Å²) in [5.41, 5.74) is 1.16. The molecule has 0 unspecified atom stereocenters. The van der Waals surface area contributed by atoms with E-state index in [2.05, 4.69) is 4.98 Å². The van der Waals surface area contributed by atoms with Crippen LogP contribution in [0.25, 0.3) is 0 Å². The lowest BCUT2D eigenvalue weighted by molar-refractivity contribution is -0.136. The molecule has 5 heteroatoms. The molecule has 0 fully saturated rings. The van der Waals surface area contributed by atoms with Crippen molar-refractivity contribution < 1.29 is 14.6 Å². The number of aliphatic carboxylic acids is 1. The third kappa shape index (κ3) is 4.37. The van der Waals surface area contributed by atoms with Crippen molar-refractivity contribution in [2.45, 2.75) is 19.8 Å². The molecule has 0 aliphatic carbocycles. The van der Waals surface area contributed by atoms with E-state index in [0.29, 0.717) is 13.0 Å². The lowest BCUT2D eigenvalue weighted by atomic mass is 10.2. The molecule has 1 aromatic carbocycles. The van der Waals surface area contributed by atoms with Crippen molar-refractivity contribution in [1.29, 1.82) is 0 Å². The van der Waals surface area contributed by atoms with Gasteiger partial charge in [-0.2, -0.15) is 0 Å². The fourth-order valence-corrected chi connectivity index (χ4v) is 2.55. The highest BCUT2D eigenvalue weighted by Gasteiger charge is 2.06. The number of rotatable bonds is 6. The first-order chi connectivity index (χ1) is 9.13. The molecule has 2 rings (SSSR count). The fraction of sp³-hybridized carbons (Fsp3) is 0.286. The fourth-order valence-electron chi connectivity index (χ4n) is 1.66. The van der Waals surface area contributed by atoms with Crippen LogP contribution in [0.2, 0.25) is 0 Å². The summed E-state index contributed by atoms with van der Waals surface area (Å²) in [5.74, 6) is 0.0218. The molecule has 0 saturated heterocycles. The largest absolute Gasteiger partial charge is 0.493 e. The summed E-state index contributed by atoms with van der Waals surface area (Å²) in [4.78, 5) is 15.5. The molecule has 0 aliphatic rings. The van der Waals surface area contributed by atoms with Crippen LogP contribution in [0.15, 0.2) is 30.5 Å². The van der Waals surface area contributed by atoms with Gasteiger partial charge in [-0.15, -0.1) is 11.3 Å². The maximum atomic E-state index is 10.6. The van der Waals surface area contributed by atoms with Crippen molar-refractivity contribution in [2.24, 2.45) is 0 Å². The van der Waals surface area contributed by atoms with Crippen LogP contribution in [0.4, 0.5) is 0 Å². The highest BCUT2D eigenvalue weighted by Crippen LogP contribution is 2.16. The lowest BCUT2D eigenvalue weighted by Gasteiger charge is -2.05. The molecule has 0 spiro atoms. The molecule has 0 atom stereocenters. The summed E-state index contributed by atoms with van der Waals surface area (Å²) in [5, 5.41) is 9.59. The summed E-state index contributed by atoms with van der Waals surface area (Å²) in [6.07, 6.45) is 2.36. The first-order valence-electron chi connectivity index (χ1n) is 5.98. The number of benzene rings is 1. The Morgan fingerprint density at radius 2 is 2.32 bits per heavy atom. The summed E-state index contributed by atoms with van der Waals surface area (Å²) >= 11 is 1.43. The first-order valence-corrected chi connectivity index (χ1v) is 6.80. The lowest BCUT2D eigenvalue weighted by Crippen LogP contribution is -2.00. The SMILES string of the molecule is Cc1cccc(OCCc2ncc(CC(=O)O)s2)c1. The molecule has 2 aromatic rings. The number of hydrogen-bond acceptors (Lipinski definition) is 4. The third-order valence-corrected chi connectivity index (χ3v) is 3.56. The van der Waals surface area contributed by atoms with Crippen molar-refractivity contribution in [3.8, 4) is 5.75 Å². The smallest absolute Gasteiger partial charge is 0.308 e. The minimum atomic E-state index is -0.828. The number of carboxylic acid groups (broad SMARTS) is 1. The number of carbonyl (C=O) groups is 1. The summed E-state index contributed by atoms with van der Waals surface area (Å²) < 4.78 is 5.63. The highest BCUT2D eigenvalue weighted by atomic mass is 32.1. The zero-order valence-electron chi connectivity index (χ0n) is 10.6. The van der Waals surface area contributed by atoms with Gasteiger partial charge in [0.05, 0.1) is 18.0 Å². The molecule has 1 heterocycles. The van der Waals surface area contributed by atoms with Crippen LogP contribution in [-0.2, 0) is 17.6 Å². The van der Waals surface area contributed by atoms with E-state index in [0.717, 1.165) is 21.2 Å². The van der Waals surface area contributed by atoms with E-state index in [1.807, 2.05) is 31.2 Å². The quantitative estimate of drug-likeness (QED) is 0.882. The van der Waals surface area contributed by atoms with Gasteiger partial charge in [0.2, 0.25) is 0 Å². The van der Waals surface area contributed by atoms with Crippen LogP contribution >= 0.6 is 11.3 Å². The molecule has 0 aliphatic heterocycles. The Kier molecular flexibility index (Phi) is 4.52. The van der Waals surface area contributed by atoms with Crippen molar-refractivity contribution in [3.05, 3.63) is 45.9 Å². The number of aryl methyl sites for hydroxylation is 1. The molecular formula is C14H15NO3S. The minimum Gasteiger partial charge on any atom is -0.493 e. The van der Waals surface area contributed by atoms with Crippen molar-refractivity contribution in [2.75, 3.05) is 6.61 Å². The van der Waals surface area contributed by atoms with Crippen molar-refractivity contribution in [1.82, 2.24) is 4.98 Å². The van der Waals surface area contributed by atoms with Gasteiger partial charge < -0.3 is 9.84 Å². The molecule has 4 nitrogen and oxygen atoms in total.